The van der Waals surface area contributed by atoms with E-state index in [1.165, 1.54) is 42.5 Å². The molecule has 0 aromatic heterocycles. The molecule has 112 valence electrons. The first kappa shape index (κ1) is 15.7. The van der Waals surface area contributed by atoms with Crippen LogP contribution in [0.1, 0.15) is 5.56 Å². The van der Waals surface area contributed by atoms with Gasteiger partial charge in [-0.3, -0.25) is 14.9 Å². The molecule has 0 atom stereocenters. The second kappa shape index (κ2) is 6.82. The second-order valence-electron chi connectivity index (χ2n) is 4.30. The number of benzene rings is 2. The summed E-state index contributed by atoms with van der Waals surface area (Å²) in [6.07, 6.45) is 2.66. The molecule has 0 bridgehead atoms. The van der Waals surface area contributed by atoms with Crippen LogP contribution in [0.15, 0.2) is 48.5 Å². The molecule has 5 nitrogen and oxygen atoms in total. The highest BCUT2D eigenvalue weighted by atomic mass is 35.5. The van der Waals surface area contributed by atoms with E-state index in [0.717, 1.165) is 6.07 Å². The smallest absolute Gasteiger partial charge is 0.270 e. The Kier molecular flexibility index (Phi) is 4.85. The van der Waals surface area contributed by atoms with Crippen molar-refractivity contribution < 1.29 is 14.1 Å². The van der Waals surface area contributed by atoms with Gasteiger partial charge in [0.1, 0.15) is 5.82 Å². The molecule has 2 rings (SSSR count). The van der Waals surface area contributed by atoms with Crippen molar-refractivity contribution in [3.63, 3.8) is 0 Å². The van der Waals surface area contributed by atoms with E-state index in [2.05, 4.69) is 5.32 Å². The number of nitrogens with zero attached hydrogens (tertiary/aromatic N) is 1. The lowest BCUT2D eigenvalue weighted by Gasteiger charge is -2.03. The summed E-state index contributed by atoms with van der Waals surface area (Å²) in [4.78, 5) is 21.9. The summed E-state index contributed by atoms with van der Waals surface area (Å²) in [6.45, 7) is 0. The fourth-order valence-electron chi connectivity index (χ4n) is 1.67. The average Bonchev–Trinajstić information content (AvgIpc) is 2.49. The van der Waals surface area contributed by atoms with Gasteiger partial charge < -0.3 is 5.32 Å². The van der Waals surface area contributed by atoms with Crippen LogP contribution in [0, 0.1) is 15.9 Å². The number of rotatable bonds is 4. The molecule has 0 aliphatic heterocycles. The van der Waals surface area contributed by atoms with Gasteiger partial charge >= 0.3 is 0 Å². The molecular formula is C15H10ClFN2O3. The number of anilines is 1. The Morgan fingerprint density at radius 2 is 2.05 bits per heavy atom. The van der Waals surface area contributed by atoms with E-state index in [9.17, 15) is 19.3 Å². The van der Waals surface area contributed by atoms with Crippen molar-refractivity contribution in [1.82, 2.24) is 0 Å². The monoisotopic (exact) mass is 320 g/mol. The quantitative estimate of drug-likeness (QED) is 0.525. The predicted molar refractivity (Wildman–Crippen MR) is 82.2 cm³/mol. The molecule has 2 aromatic carbocycles. The second-order valence-corrected chi connectivity index (χ2v) is 4.71. The third-order valence-electron chi connectivity index (χ3n) is 2.70. The topological polar surface area (TPSA) is 72.2 Å². The third kappa shape index (κ3) is 4.13. The Bertz CT molecular complexity index is 762. The van der Waals surface area contributed by atoms with E-state index in [4.69, 9.17) is 11.6 Å². The van der Waals surface area contributed by atoms with Crippen LogP contribution < -0.4 is 5.32 Å². The first-order valence-electron chi connectivity index (χ1n) is 6.14. The highest BCUT2D eigenvalue weighted by Gasteiger charge is 2.05. The van der Waals surface area contributed by atoms with Crippen LogP contribution in [-0.4, -0.2) is 10.8 Å². The number of halogens is 2. The van der Waals surface area contributed by atoms with Gasteiger partial charge in [0.25, 0.3) is 5.69 Å². The van der Waals surface area contributed by atoms with Gasteiger partial charge in [0, 0.05) is 23.9 Å². The van der Waals surface area contributed by atoms with E-state index in [1.54, 1.807) is 6.07 Å². The summed E-state index contributed by atoms with van der Waals surface area (Å²) in [7, 11) is 0. The molecule has 0 saturated carbocycles. The summed E-state index contributed by atoms with van der Waals surface area (Å²) in [5, 5.41) is 13.1. The van der Waals surface area contributed by atoms with Gasteiger partial charge in [-0.05, 0) is 29.8 Å². The van der Waals surface area contributed by atoms with E-state index in [-0.39, 0.29) is 10.7 Å². The van der Waals surface area contributed by atoms with E-state index < -0.39 is 16.6 Å². The largest absolute Gasteiger partial charge is 0.322 e. The van der Waals surface area contributed by atoms with Crippen molar-refractivity contribution in [2.45, 2.75) is 0 Å². The van der Waals surface area contributed by atoms with Crippen molar-refractivity contribution >= 4 is 35.0 Å². The van der Waals surface area contributed by atoms with Crippen LogP contribution in [-0.2, 0) is 4.79 Å². The minimum atomic E-state index is -0.577. The molecule has 0 radical (unpaired) electrons. The average molecular weight is 321 g/mol. The van der Waals surface area contributed by atoms with Crippen molar-refractivity contribution in [2.24, 2.45) is 0 Å². The van der Waals surface area contributed by atoms with Crippen molar-refractivity contribution in [1.29, 1.82) is 0 Å². The summed E-state index contributed by atoms with van der Waals surface area (Å²) in [5.41, 5.74) is 0.800. The van der Waals surface area contributed by atoms with Crippen molar-refractivity contribution in [2.75, 3.05) is 5.32 Å². The molecule has 0 aliphatic carbocycles. The highest BCUT2D eigenvalue weighted by Crippen LogP contribution is 2.19. The number of nitrogens with one attached hydrogen (secondary N) is 1. The molecule has 0 unspecified atom stereocenters. The van der Waals surface area contributed by atoms with Crippen LogP contribution in [0.5, 0.6) is 0 Å². The zero-order chi connectivity index (χ0) is 16.1. The Labute approximate surface area is 130 Å². The number of carbonyl (C=O) groups is 1. The number of hydrogen-bond acceptors (Lipinski definition) is 3. The fraction of sp³-hybridized carbons (Fsp3) is 0. The van der Waals surface area contributed by atoms with E-state index in [0.29, 0.717) is 11.3 Å². The van der Waals surface area contributed by atoms with Crippen LogP contribution >= 0.6 is 11.6 Å². The maximum Gasteiger partial charge on any atom is 0.270 e. The van der Waals surface area contributed by atoms with Gasteiger partial charge in [-0.15, -0.1) is 0 Å². The molecule has 0 spiro atoms. The molecule has 0 saturated heterocycles. The molecule has 0 aliphatic rings. The van der Waals surface area contributed by atoms with Crippen molar-refractivity contribution in [3.8, 4) is 0 Å². The number of nitro benzene ring substituents is 1. The number of nitro groups is 1. The molecule has 22 heavy (non-hydrogen) atoms. The number of non-ortho nitro benzene ring substituents is 1. The number of amides is 1. The zero-order valence-electron chi connectivity index (χ0n) is 11.1. The van der Waals surface area contributed by atoms with Gasteiger partial charge in [0.15, 0.2) is 0 Å². The Hall–Kier alpha value is -2.73. The van der Waals surface area contributed by atoms with Gasteiger partial charge in [0.2, 0.25) is 5.91 Å². The van der Waals surface area contributed by atoms with Crippen LogP contribution in [0.25, 0.3) is 6.08 Å². The number of hydrogen-bond donors (Lipinski definition) is 1. The molecule has 2 aromatic rings. The Balaban J connectivity index is 2.06. The minimum absolute atomic E-state index is 0.0622. The van der Waals surface area contributed by atoms with E-state index >= 15 is 0 Å². The lowest BCUT2D eigenvalue weighted by molar-refractivity contribution is -0.384. The fourth-order valence-corrected chi connectivity index (χ4v) is 1.85. The summed E-state index contributed by atoms with van der Waals surface area (Å²) < 4.78 is 13.0. The highest BCUT2D eigenvalue weighted by molar-refractivity contribution is 6.31. The molecule has 0 fully saturated rings. The van der Waals surface area contributed by atoms with Gasteiger partial charge in [0.05, 0.1) is 9.95 Å². The zero-order valence-corrected chi connectivity index (χ0v) is 11.9. The standard InChI is InChI=1S/C15H10ClFN2O3/c16-13-9-11(5-6-14(13)17)18-15(20)7-4-10-2-1-3-12(8-10)19(21)22/h1-9H,(H,18,20)/b7-4+. The Morgan fingerprint density at radius 1 is 1.27 bits per heavy atom. The first-order chi connectivity index (χ1) is 10.5. The molecule has 0 heterocycles. The Morgan fingerprint density at radius 3 is 2.73 bits per heavy atom. The van der Waals surface area contributed by atoms with Crippen LogP contribution in [0.2, 0.25) is 5.02 Å². The normalized spacial score (nSPS) is 10.6. The lowest BCUT2D eigenvalue weighted by Crippen LogP contribution is -2.07. The SMILES string of the molecule is O=C(/C=C/c1cccc([N+](=O)[O-])c1)Nc1ccc(F)c(Cl)c1. The summed E-state index contributed by atoms with van der Waals surface area (Å²) >= 11 is 5.61. The minimum Gasteiger partial charge on any atom is -0.322 e. The lowest BCUT2D eigenvalue weighted by atomic mass is 10.2. The van der Waals surface area contributed by atoms with E-state index in [1.807, 2.05) is 0 Å². The number of carbonyl (C=O) groups excluding carboxylic acids is 1. The molecule has 7 heteroatoms. The maximum atomic E-state index is 13.0. The van der Waals surface area contributed by atoms with Gasteiger partial charge in [-0.25, -0.2) is 4.39 Å². The molecule has 1 amide bonds. The molecule has 1 N–H and O–H groups in total. The summed E-state index contributed by atoms with van der Waals surface area (Å²) in [5.74, 6) is -1.04. The third-order valence-corrected chi connectivity index (χ3v) is 2.98. The predicted octanol–water partition coefficient (Wildman–Crippen LogP) is 4.04. The maximum absolute atomic E-state index is 13.0. The first-order valence-corrected chi connectivity index (χ1v) is 6.52. The van der Waals surface area contributed by atoms with Gasteiger partial charge in [-0.2, -0.15) is 0 Å². The summed E-state index contributed by atoms with van der Waals surface area (Å²) in [6, 6.07) is 9.66. The van der Waals surface area contributed by atoms with Crippen LogP contribution in [0.4, 0.5) is 15.8 Å². The van der Waals surface area contributed by atoms with Crippen LogP contribution in [0.3, 0.4) is 0 Å². The van der Waals surface area contributed by atoms with Crippen molar-refractivity contribution in [3.05, 3.63) is 75.1 Å². The van der Waals surface area contributed by atoms with Gasteiger partial charge in [-0.1, -0.05) is 23.7 Å². The molecular weight excluding hydrogens is 311 g/mol.